The van der Waals surface area contributed by atoms with Crippen molar-refractivity contribution in [2.24, 2.45) is 0 Å². The highest BCUT2D eigenvalue weighted by Crippen LogP contribution is 2.15. The number of rotatable bonds is 5. The van der Waals surface area contributed by atoms with E-state index in [9.17, 15) is 13.2 Å². The molecule has 0 spiro atoms. The molecule has 2 N–H and O–H groups in total. The molecule has 1 aromatic rings. The van der Waals surface area contributed by atoms with Crippen molar-refractivity contribution in [1.29, 1.82) is 0 Å². The minimum Gasteiger partial charge on any atom is -0.351 e. The first kappa shape index (κ1) is 13.8. The maximum Gasteiger partial charge on any atom is 0.235 e. The molecule has 1 aromatic carbocycles. The smallest absolute Gasteiger partial charge is 0.235 e. The fourth-order valence-corrected chi connectivity index (χ4v) is 1.91. The Morgan fingerprint density at radius 2 is 2.00 bits per heavy atom. The van der Waals surface area contributed by atoms with Crippen LogP contribution in [0.1, 0.15) is 5.56 Å². The van der Waals surface area contributed by atoms with Crippen LogP contribution < -0.4 is 10.0 Å². The van der Waals surface area contributed by atoms with Gasteiger partial charge >= 0.3 is 0 Å². The molecule has 0 fully saturated rings. The van der Waals surface area contributed by atoms with Crippen molar-refractivity contribution in [3.8, 4) is 0 Å². The second kappa shape index (κ2) is 5.88. The summed E-state index contributed by atoms with van der Waals surface area (Å²) in [5, 5.41) is 2.57. The molecule has 0 aliphatic carbocycles. The van der Waals surface area contributed by atoms with Gasteiger partial charge in [-0.1, -0.05) is 18.2 Å². The van der Waals surface area contributed by atoms with Gasteiger partial charge in [-0.15, -0.1) is 11.6 Å². The van der Waals surface area contributed by atoms with E-state index in [2.05, 4.69) is 10.0 Å². The van der Waals surface area contributed by atoms with Crippen LogP contribution in [0.4, 0.5) is 5.69 Å². The molecule has 1 amide bonds. The predicted molar refractivity (Wildman–Crippen MR) is 67.5 cm³/mol. The van der Waals surface area contributed by atoms with Crippen LogP contribution in [0.15, 0.2) is 24.3 Å². The molecule has 0 radical (unpaired) electrons. The predicted octanol–water partition coefficient (Wildman–Crippen LogP) is 0.913. The molecule has 0 bridgehead atoms. The van der Waals surface area contributed by atoms with Gasteiger partial charge in [-0.3, -0.25) is 9.52 Å². The summed E-state index contributed by atoms with van der Waals surface area (Å²) >= 11 is 5.34. The van der Waals surface area contributed by atoms with Crippen LogP contribution in [0.3, 0.4) is 0 Å². The summed E-state index contributed by atoms with van der Waals surface area (Å²) < 4.78 is 24.6. The van der Waals surface area contributed by atoms with Crippen molar-refractivity contribution in [2.45, 2.75) is 6.54 Å². The molecular weight excluding hydrogens is 264 g/mol. The van der Waals surface area contributed by atoms with Crippen LogP contribution in [0.25, 0.3) is 0 Å². The summed E-state index contributed by atoms with van der Waals surface area (Å²) in [7, 11) is -3.33. The van der Waals surface area contributed by atoms with Crippen LogP contribution in [-0.4, -0.2) is 26.5 Å². The van der Waals surface area contributed by atoms with Gasteiger partial charge < -0.3 is 5.32 Å². The Labute approximate surface area is 105 Å². The van der Waals surface area contributed by atoms with Crippen molar-refractivity contribution in [2.75, 3.05) is 16.9 Å². The molecule has 7 heteroatoms. The summed E-state index contributed by atoms with van der Waals surface area (Å²) in [6.07, 6.45) is 1.07. The number of anilines is 1. The van der Waals surface area contributed by atoms with E-state index in [-0.39, 0.29) is 18.3 Å². The molecule has 0 atom stereocenters. The SMILES string of the molecule is CS(=O)(=O)Nc1ccccc1CNC(=O)CCl. The van der Waals surface area contributed by atoms with Gasteiger partial charge in [0.05, 0.1) is 11.9 Å². The molecule has 5 nitrogen and oxygen atoms in total. The molecule has 0 saturated heterocycles. The Morgan fingerprint density at radius 3 is 2.59 bits per heavy atom. The number of carbonyl (C=O) groups excluding carboxylic acids is 1. The number of halogens is 1. The fourth-order valence-electron chi connectivity index (χ4n) is 1.21. The van der Waals surface area contributed by atoms with E-state index < -0.39 is 10.0 Å². The molecule has 0 aliphatic heterocycles. The zero-order valence-electron chi connectivity index (χ0n) is 9.23. The molecule has 0 aliphatic rings. The van der Waals surface area contributed by atoms with Gasteiger partial charge in [0.1, 0.15) is 5.88 Å². The third-order valence-electron chi connectivity index (χ3n) is 1.91. The van der Waals surface area contributed by atoms with Gasteiger partial charge in [0.2, 0.25) is 15.9 Å². The lowest BCUT2D eigenvalue weighted by molar-refractivity contribution is -0.118. The fraction of sp³-hybridized carbons (Fsp3) is 0.300. The van der Waals surface area contributed by atoms with Gasteiger partial charge in [0.15, 0.2) is 0 Å². The number of sulfonamides is 1. The van der Waals surface area contributed by atoms with Crippen molar-refractivity contribution in [3.05, 3.63) is 29.8 Å². The van der Waals surface area contributed by atoms with E-state index in [0.29, 0.717) is 11.3 Å². The highest BCUT2D eigenvalue weighted by Gasteiger charge is 2.07. The highest BCUT2D eigenvalue weighted by molar-refractivity contribution is 7.92. The third kappa shape index (κ3) is 5.06. The first-order valence-electron chi connectivity index (χ1n) is 4.81. The van der Waals surface area contributed by atoms with Gasteiger partial charge in [-0.2, -0.15) is 0 Å². The second-order valence-electron chi connectivity index (χ2n) is 3.44. The number of para-hydroxylation sites is 1. The van der Waals surface area contributed by atoms with Gasteiger partial charge in [-0.05, 0) is 11.6 Å². The Kier molecular flexibility index (Phi) is 4.77. The molecule has 0 unspecified atom stereocenters. The Bertz CT molecular complexity index is 502. The topological polar surface area (TPSA) is 75.3 Å². The average molecular weight is 277 g/mol. The second-order valence-corrected chi connectivity index (χ2v) is 5.46. The van der Waals surface area contributed by atoms with Gasteiger partial charge in [0, 0.05) is 6.54 Å². The Morgan fingerprint density at radius 1 is 1.35 bits per heavy atom. The number of nitrogens with one attached hydrogen (secondary N) is 2. The number of hydrogen-bond acceptors (Lipinski definition) is 3. The summed E-state index contributed by atoms with van der Waals surface area (Å²) in [4.78, 5) is 11.0. The molecular formula is C10H13ClN2O3S. The van der Waals surface area contributed by atoms with E-state index in [0.717, 1.165) is 6.26 Å². The normalized spacial score (nSPS) is 10.9. The zero-order valence-corrected chi connectivity index (χ0v) is 10.8. The summed E-state index contributed by atoms with van der Waals surface area (Å²) in [6.45, 7) is 0.226. The number of hydrogen-bond donors (Lipinski definition) is 2. The van der Waals surface area contributed by atoms with Crippen LogP contribution >= 0.6 is 11.6 Å². The minimum absolute atomic E-state index is 0.123. The Balaban J connectivity index is 2.81. The maximum absolute atomic E-state index is 11.1. The Hall–Kier alpha value is -1.27. The standard InChI is InChI=1S/C10H13ClN2O3S/c1-17(15,16)13-9-5-3-2-4-8(9)7-12-10(14)6-11/h2-5,13H,6-7H2,1H3,(H,12,14). The van der Waals surface area contributed by atoms with Gasteiger partial charge in [-0.25, -0.2) is 8.42 Å². The number of alkyl halides is 1. The minimum atomic E-state index is -3.33. The largest absolute Gasteiger partial charge is 0.351 e. The first-order valence-corrected chi connectivity index (χ1v) is 7.23. The number of amides is 1. The van der Waals surface area contributed by atoms with E-state index in [1.54, 1.807) is 24.3 Å². The zero-order chi connectivity index (χ0) is 12.9. The van der Waals surface area contributed by atoms with Crippen molar-refractivity contribution in [1.82, 2.24) is 5.32 Å². The number of carbonyl (C=O) groups is 1. The van der Waals surface area contributed by atoms with E-state index in [4.69, 9.17) is 11.6 Å². The lowest BCUT2D eigenvalue weighted by atomic mass is 10.2. The highest BCUT2D eigenvalue weighted by atomic mass is 35.5. The maximum atomic E-state index is 11.1. The molecule has 0 aromatic heterocycles. The molecule has 0 heterocycles. The van der Waals surface area contributed by atoms with Crippen LogP contribution in [0.5, 0.6) is 0 Å². The first-order chi connectivity index (χ1) is 7.92. The van der Waals surface area contributed by atoms with Crippen molar-refractivity contribution in [3.63, 3.8) is 0 Å². The monoisotopic (exact) mass is 276 g/mol. The van der Waals surface area contributed by atoms with E-state index in [1.807, 2.05) is 0 Å². The van der Waals surface area contributed by atoms with Gasteiger partial charge in [0.25, 0.3) is 0 Å². The number of benzene rings is 1. The van der Waals surface area contributed by atoms with E-state index in [1.165, 1.54) is 0 Å². The molecule has 17 heavy (non-hydrogen) atoms. The summed E-state index contributed by atoms with van der Waals surface area (Å²) in [5.41, 5.74) is 1.13. The van der Waals surface area contributed by atoms with E-state index >= 15 is 0 Å². The summed E-state index contributed by atoms with van der Waals surface area (Å²) in [6, 6.07) is 6.82. The van der Waals surface area contributed by atoms with Crippen LogP contribution in [0.2, 0.25) is 0 Å². The van der Waals surface area contributed by atoms with Crippen LogP contribution in [-0.2, 0) is 21.4 Å². The summed E-state index contributed by atoms with van der Waals surface area (Å²) in [5.74, 6) is -0.428. The third-order valence-corrected chi connectivity index (χ3v) is 2.74. The quantitative estimate of drug-likeness (QED) is 0.785. The lowest BCUT2D eigenvalue weighted by Crippen LogP contribution is -2.24. The lowest BCUT2D eigenvalue weighted by Gasteiger charge is -2.10. The molecule has 0 saturated carbocycles. The molecule has 94 valence electrons. The average Bonchev–Trinajstić information content (AvgIpc) is 2.25. The molecule has 1 rings (SSSR count). The van der Waals surface area contributed by atoms with Crippen LogP contribution in [0, 0.1) is 0 Å². The van der Waals surface area contributed by atoms with Crippen molar-refractivity contribution >= 4 is 33.2 Å². The van der Waals surface area contributed by atoms with Crippen molar-refractivity contribution < 1.29 is 13.2 Å².